The topological polar surface area (TPSA) is 113 Å². The second-order valence-electron chi connectivity index (χ2n) is 2.94. The Morgan fingerprint density at radius 2 is 2.19 bits per heavy atom. The maximum Gasteiger partial charge on any atom is 0.342 e. The molecule has 0 atom stereocenters. The number of carbonyl (C=O) groups is 1. The van der Waals surface area contributed by atoms with E-state index >= 15 is 0 Å². The first-order chi connectivity index (χ1) is 7.56. The quantitative estimate of drug-likeness (QED) is 0.503. The maximum absolute atomic E-state index is 10.7. The summed E-state index contributed by atoms with van der Waals surface area (Å²) in [4.78, 5) is 20.5. The number of nitro groups is 1. The molecular formula is C9H10N2O5. The first kappa shape index (κ1) is 11.9. The fourth-order valence-electron chi connectivity index (χ4n) is 1.17. The molecule has 1 aromatic rings. The van der Waals surface area contributed by atoms with Crippen molar-refractivity contribution in [3.05, 3.63) is 33.9 Å². The fraction of sp³-hybridized carbons (Fsp3) is 0.222. The van der Waals surface area contributed by atoms with E-state index in [2.05, 4.69) is 5.32 Å². The number of aliphatic hydroxyl groups excluding tert-OH is 1. The molecule has 86 valence electrons. The molecule has 0 aliphatic heterocycles. The van der Waals surface area contributed by atoms with Crippen molar-refractivity contribution in [2.75, 3.05) is 18.5 Å². The molecule has 0 spiro atoms. The van der Waals surface area contributed by atoms with Gasteiger partial charge in [0.2, 0.25) is 0 Å². The maximum atomic E-state index is 10.7. The summed E-state index contributed by atoms with van der Waals surface area (Å²) in [6.07, 6.45) is 0. The number of carboxylic acid groups (broad SMARTS) is 1. The number of anilines is 1. The van der Waals surface area contributed by atoms with Gasteiger partial charge in [0.1, 0.15) is 5.56 Å². The highest BCUT2D eigenvalue weighted by Crippen LogP contribution is 2.23. The van der Waals surface area contributed by atoms with E-state index in [-0.39, 0.29) is 18.7 Å². The lowest BCUT2D eigenvalue weighted by atomic mass is 10.1. The Kier molecular flexibility index (Phi) is 3.78. The van der Waals surface area contributed by atoms with Crippen LogP contribution in [0.4, 0.5) is 11.4 Å². The second kappa shape index (κ2) is 5.08. The smallest absolute Gasteiger partial charge is 0.342 e. The molecule has 0 saturated heterocycles. The number of benzene rings is 1. The van der Waals surface area contributed by atoms with Crippen LogP contribution in [0.2, 0.25) is 0 Å². The third-order valence-electron chi connectivity index (χ3n) is 1.87. The molecule has 0 saturated carbocycles. The van der Waals surface area contributed by atoms with E-state index < -0.39 is 16.6 Å². The Hall–Kier alpha value is -2.15. The summed E-state index contributed by atoms with van der Waals surface area (Å²) in [5, 5.41) is 30.6. The van der Waals surface area contributed by atoms with Crippen LogP contribution < -0.4 is 5.32 Å². The van der Waals surface area contributed by atoms with Crippen molar-refractivity contribution in [3.8, 4) is 0 Å². The van der Waals surface area contributed by atoms with Crippen LogP contribution in [0.15, 0.2) is 18.2 Å². The summed E-state index contributed by atoms with van der Waals surface area (Å²) in [7, 11) is 0. The molecule has 0 unspecified atom stereocenters. The molecule has 1 rings (SSSR count). The highest BCUT2D eigenvalue weighted by Gasteiger charge is 2.19. The molecule has 0 aliphatic carbocycles. The van der Waals surface area contributed by atoms with E-state index in [9.17, 15) is 14.9 Å². The highest BCUT2D eigenvalue weighted by molar-refractivity contribution is 5.93. The van der Waals surface area contributed by atoms with Gasteiger partial charge in [-0.25, -0.2) is 4.79 Å². The predicted molar refractivity (Wildman–Crippen MR) is 55.6 cm³/mol. The van der Waals surface area contributed by atoms with Gasteiger partial charge in [-0.3, -0.25) is 10.1 Å². The number of nitrogens with zero attached hydrogens (tertiary/aromatic N) is 1. The van der Waals surface area contributed by atoms with E-state index in [1.54, 1.807) is 0 Å². The van der Waals surface area contributed by atoms with Crippen LogP contribution in [0.5, 0.6) is 0 Å². The number of carboxylic acids is 1. The molecule has 0 fully saturated rings. The molecule has 0 heterocycles. The van der Waals surface area contributed by atoms with Crippen LogP contribution in [0.3, 0.4) is 0 Å². The normalized spacial score (nSPS) is 9.81. The monoisotopic (exact) mass is 226 g/mol. The average Bonchev–Trinajstić information content (AvgIpc) is 2.25. The van der Waals surface area contributed by atoms with E-state index in [1.807, 2.05) is 0 Å². The average molecular weight is 226 g/mol. The van der Waals surface area contributed by atoms with Crippen LogP contribution in [0.25, 0.3) is 0 Å². The Labute approximate surface area is 90.5 Å². The van der Waals surface area contributed by atoms with Crippen molar-refractivity contribution in [2.24, 2.45) is 0 Å². The van der Waals surface area contributed by atoms with E-state index in [4.69, 9.17) is 10.2 Å². The lowest BCUT2D eigenvalue weighted by Gasteiger charge is -2.05. The van der Waals surface area contributed by atoms with Crippen molar-refractivity contribution in [3.63, 3.8) is 0 Å². The Morgan fingerprint density at radius 1 is 1.50 bits per heavy atom. The van der Waals surface area contributed by atoms with Crippen LogP contribution in [0.1, 0.15) is 10.4 Å². The summed E-state index contributed by atoms with van der Waals surface area (Å²) in [6.45, 7) is 0.123. The summed E-state index contributed by atoms with van der Waals surface area (Å²) in [6, 6.07) is 3.69. The Bertz CT molecular complexity index is 418. The molecule has 0 bridgehead atoms. The number of hydrogen-bond donors (Lipinski definition) is 3. The molecule has 0 amide bonds. The fourth-order valence-corrected chi connectivity index (χ4v) is 1.17. The third kappa shape index (κ3) is 2.67. The van der Waals surface area contributed by atoms with Crippen LogP contribution in [0, 0.1) is 10.1 Å². The van der Waals surface area contributed by atoms with Gasteiger partial charge in [0, 0.05) is 18.3 Å². The van der Waals surface area contributed by atoms with E-state index in [0.29, 0.717) is 5.69 Å². The van der Waals surface area contributed by atoms with Crippen LogP contribution in [-0.4, -0.2) is 34.3 Å². The molecule has 0 aromatic heterocycles. The lowest BCUT2D eigenvalue weighted by Crippen LogP contribution is -2.07. The predicted octanol–water partition coefficient (Wildman–Crippen LogP) is 0.697. The van der Waals surface area contributed by atoms with Gasteiger partial charge in [-0.15, -0.1) is 0 Å². The summed E-state index contributed by atoms with van der Waals surface area (Å²) in [5.74, 6) is -1.35. The number of aromatic carboxylic acids is 1. The molecule has 0 aliphatic rings. The number of hydrogen-bond acceptors (Lipinski definition) is 5. The number of nitro benzene ring substituents is 1. The minimum absolute atomic E-state index is 0.117. The largest absolute Gasteiger partial charge is 0.477 e. The van der Waals surface area contributed by atoms with Gasteiger partial charge in [-0.1, -0.05) is 0 Å². The number of aliphatic hydroxyl groups is 1. The molecule has 7 nitrogen and oxygen atoms in total. The SMILES string of the molecule is O=C(O)c1ccc(NCCO)cc1[N+](=O)[O-]. The summed E-state index contributed by atoms with van der Waals surface area (Å²) >= 11 is 0. The van der Waals surface area contributed by atoms with E-state index in [0.717, 1.165) is 12.1 Å². The first-order valence-corrected chi connectivity index (χ1v) is 4.42. The molecule has 16 heavy (non-hydrogen) atoms. The van der Waals surface area contributed by atoms with Gasteiger partial charge >= 0.3 is 5.97 Å². The minimum Gasteiger partial charge on any atom is -0.477 e. The number of rotatable bonds is 5. The Morgan fingerprint density at radius 3 is 2.69 bits per heavy atom. The minimum atomic E-state index is -1.35. The van der Waals surface area contributed by atoms with Gasteiger partial charge in [-0.05, 0) is 12.1 Å². The molecule has 1 aromatic carbocycles. The number of nitrogens with one attached hydrogen (secondary N) is 1. The second-order valence-corrected chi connectivity index (χ2v) is 2.94. The van der Waals surface area contributed by atoms with Crippen molar-refractivity contribution in [2.45, 2.75) is 0 Å². The van der Waals surface area contributed by atoms with Crippen molar-refractivity contribution < 1.29 is 19.9 Å². The first-order valence-electron chi connectivity index (χ1n) is 4.42. The van der Waals surface area contributed by atoms with Crippen molar-refractivity contribution in [1.29, 1.82) is 0 Å². The van der Waals surface area contributed by atoms with Crippen molar-refractivity contribution >= 4 is 17.3 Å². The lowest BCUT2D eigenvalue weighted by molar-refractivity contribution is -0.385. The third-order valence-corrected chi connectivity index (χ3v) is 1.87. The molecule has 0 radical (unpaired) electrons. The molecule has 3 N–H and O–H groups in total. The van der Waals surface area contributed by atoms with Gasteiger partial charge in [0.25, 0.3) is 5.69 Å². The Balaban J connectivity index is 3.07. The van der Waals surface area contributed by atoms with Crippen LogP contribution in [-0.2, 0) is 0 Å². The van der Waals surface area contributed by atoms with Gasteiger partial charge in [-0.2, -0.15) is 0 Å². The van der Waals surface area contributed by atoms with Crippen LogP contribution >= 0.6 is 0 Å². The zero-order chi connectivity index (χ0) is 12.1. The summed E-state index contributed by atoms with van der Waals surface area (Å²) < 4.78 is 0. The standard InChI is InChI=1S/C9H10N2O5/c12-4-3-10-6-1-2-7(9(13)14)8(5-6)11(15)16/h1-2,5,10,12H,3-4H2,(H,13,14). The van der Waals surface area contributed by atoms with Gasteiger partial charge < -0.3 is 15.5 Å². The zero-order valence-corrected chi connectivity index (χ0v) is 8.21. The summed E-state index contributed by atoms with van der Waals surface area (Å²) in [5.41, 5.74) is -0.444. The van der Waals surface area contributed by atoms with Gasteiger partial charge in [0.05, 0.1) is 11.5 Å². The highest BCUT2D eigenvalue weighted by atomic mass is 16.6. The molecular weight excluding hydrogens is 216 g/mol. The molecule has 7 heteroatoms. The van der Waals surface area contributed by atoms with Crippen molar-refractivity contribution in [1.82, 2.24) is 0 Å². The van der Waals surface area contributed by atoms with Gasteiger partial charge in [0.15, 0.2) is 0 Å². The zero-order valence-electron chi connectivity index (χ0n) is 8.21. The van der Waals surface area contributed by atoms with E-state index in [1.165, 1.54) is 6.07 Å².